The molecule has 15 heavy (non-hydrogen) atoms. The third-order valence-electron chi connectivity index (χ3n) is 2.82. The molecule has 2 nitrogen and oxygen atoms in total. The van der Waals surface area contributed by atoms with E-state index in [-0.39, 0.29) is 0 Å². The van der Waals surface area contributed by atoms with Gasteiger partial charge in [0.25, 0.3) is 0 Å². The van der Waals surface area contributed by atoms with E-state index in [4.69, 9.17) is 9.47 Å². The van der Waals surface area contributed by atoms with Crippen LogP contribution in [0.5, 0.6) is 5.75 Å². The van der Waals surface area contributed by atoms with Crippen LogP contribution in [0.1, 0.15) is 18.9 Å². The van der Waals surface area contributed by atoms with Crippen molar-refractivity contribution in [2.24, 2.45) is 5.92 Å². The fourth-order valence-corrected chi connectivity index (χ4v) is 1.78. The summed E-state index contributed by atoms with van der Waals surface area (Å²) < 4.78 is 11.1. The molecule has 1 fully saturated rings. The number of ether oxygens (including phenoxy) is 2. The minimum absolute atomic E-state index is 0.579. The molecule has 1 heterocycles. The van der Waals surface area contributed by atoms with Gasteiger partial charge in [-0.25, -0.2) is 0 Å². The first-order valence-corrected chi connectivity index (χ1v) is 5.68. The maximum atomic E-state index is 5.75. The molecule has 0 bridgehead atoms. The Hall–Kier alpha value is -1.02. The topological polar surface area (TPSA) is 18.5 Å². The van der Waals surface area contributed by atoms with E-state index in [1.165, 1.54) is 5.56 Å². The van der Waals surface area contributed by atoms with Gasteiger partial charge in [0.15, 0.2) is 0 Å². The molecule has 0 N–H and O–H groups in total. The molecule has 1 saturated heterocycles. The first kappa shape index (κ1) is 10.5. The fraction of sp³-hybridized carbons (Fsp3) is 0.538. The Morgan fingerprint density at radius 2 is 2.40 bits per heavy atom. The number of hydrogen-bond donors (Lipinski definition) is 0. The van der Waals surface area contributed by atoms with Crippen LogP contribution in [0.3, 0.4) is 0 Å². The fourth-order valence-electron chi connectivity index (χ4n) is 1.78. The van der Waals surface area contributed by atoms with Crippen molar-refractivity contribution in [2.75, 3.05) is 19.8 Å². The third kappa shape index (κ3) is 2.96. The van der Waals surface area contributed by atoms with Gasteiger partial charge in [0, 0.05) is 12.5 Å². The van der Waals surface area contributed by atoms with Crippen LogP contribution in [0.25, 0.3) is 0 Å². The van der Waals surface area contributed by atoms with Gasteiger partial charge in [-0.05, 0) is 30.5 Å². The van der Waals surface area contributed by atoms with E-state index < -0.39 is 0 Å². The smallest absolute Gasteiger partial charge is 0.119 e. The molecule has 0 saturated carbocycles. The summed E-state index contributed by atoms with van der Waals surface area (Å²) in [4.78, 5) is 0. The van der Waals surface area contributed by atoms with Crippen LogP contribution in [-0.2, 0) is 11.2 Å². The lowest BCUT2D eigenvalue weighted by Gasteiger charge is -2.10. The van der Waals surface area contributed by atoms with E-state index in [0.29, 0.717) is 5.92 Å². The van der Waals surface area contributed by atoms with Crippen LogP contribution >= 0.6 is 0 Å². The summed E-state index contributed by atoms with van der Waals surface area (Å²) in [5, 5.41) is 0. The number of aryl methyl sites for hydroxylation is 1. The molecule has 2 rings (SSSR count). The van der Waals surface area contributed by atoms with Gasteiger partial charge in [-0.15, -0.1) is 0 Å². The summed E-state index contributed by atoms with van der Waals surface area (Å²) in [6.07, 6.45) is 2.19. The summed E-state index contributed by atoms with van der Waals surface area (Å²) in [6.45, 7) is 4.69. The zero-order valence-electron chi connectivity index (χ0n) is 9.24. The highest BCUT2D eigenvalue weighted by Crippen LogP contribution is 2.17. The molecule has 1 aliphatic rings. The molecule has 1 aromatic rings. The molecular formula is C13H18O2. The average Bonchev–Trinajstić information content (AvgIpc) is 2.79. The second kappa shape index (κ2) is 5.17. The minimum atomic E-state index is 0.579. The van der Waals surface area contributed by atoms with Crippen molar-refractivity contribution in [3.8, 4) is 5.75 Å². The van der Waals surface area contributed by atoms with Crippen molar-refractivity contribution in [3.05, 3.63) is 29.8 Å². The third-order valence-corrected chi connectivity index (χ3v) is 2.82. The van der Waals surface area contributed by atoms with Crippen LogP contribution < -0.4 is 4.74 Å². The highest BCUT2D eigenvalue weighted by atomic mass is 16.5. The van der Waals surface area contributed by atoms with Gasteiger partial charge in [0.05, 0.1) is 13.2 Å². The van der Waals surface area contributed by atoms with Crippen molar-refractivity contribution >= 4 is 0 Å². The lowest BCUT2D eigenvalue weighted by molar-refractivity contribution is 0.167. The molecule has 0 aromatic heterocycles. The lowest BCUT2D eigenvalue weighted by atomic mass is 10.1. The van der Waals surface area contributed by atoms with Crippen molar-refractivity contribution in [2.45, 2.75) is 19.8 Å². The maximum Gasteiger partial charge on any atom is 0.119 e. The summed E-state index contributed by atoms with van der Waals surface area (Å²) >= 11 is 0. The first-order valence-electron chi connectivity index (χ1n) is 5.68. The van der Waals surface area contributed by atoms with E-state index in [2.05, 4.69) is 25.1 Å². The Bertz CT molecular complexity index is 303. The zero-order chi connectivity index (χ0) is 10.5. The van der Waals surface area contributed by atoms with Gasteiger partial charge in [0.1, 0.15) is 5.75 Å². The van der Waals surface area contributed by atoms with E-state index in [0.717, 1.165) is 38.4 Å². The minimum Gasteiger partial charge on any atom is -0.493 e. The monoisotopic (exact) mass is 206 g/mol. The second-order valence-electron chi connectivity index (χ2n) is 4.04. The zero-order valence-corrected chi connectivity index (χ0v) is 9.24. The highest BCUT2D eigenvalue weighted by Gasteiger charge is 2.15. The normalized spacial score (nSPS) is 20.5. The number of rotatable bonds is 4. The molecule has 1 atom stereocenters. The first-order chi connectivity index (χ1) is 7.38. The second-order valence-corrected chi connectivity index (χ2v) is 4.04. The van der Waals surface area contributed by atoms with E-state index in [1.807, 2.05) is 6.07 Å². The van der Waals surface area contributed by atoms with Crippen LogP contribution in [-0.4, -0.2) is 19.8 Å². The molecule has 1 aliphatic heterocycles. The van der Waals surface area contributed by atoms with Crippen LogP contribution in [0.2, 0.25) is 0 Å². The Morgan fingerprint density at radius 3 is 3.13 bits per heavy atom. The molecule has 82 valence electrons. The van der Waals surface area contributed by atoms with Crippen LogP contribution in [0, 0.1) is 5.92 Å². The van der Waals surface area contributed by atoms with Crippen LogP contribution in [0.15, 0.2) is 24.3 Å². The number of hydrogen-bond acceptors (Lipinski definition) is 2. The van der Waals surface area contributed by atoms with Crippen molar-refractivity contribution in [3.63, 3.8) is 0 Å². The molecule has 2 heteroatoms. The van der Waals surface area contributed by atoms with Gasteiger partial charge >= 0.3 is 0 Å². The predicted molar refractivity (Wildman–Crippen MR) is 60.2 cm³/mol. The average molecular weight is 206 g/mol. The molecule has 1 aromatic carbocycles. The van der Waals surface area contributed by atoms with Crippen molar-refractivity contribution < 1.29 is 9.47 Å². The maximum absolute atomic E-state index is 5.75. The summed E-state index contributed by atoms with van der Waals surface area (Å²) in [7, 11) is 0. The lowest BCUT2D eigenvalue weighted by Crippen LogP contribution is -2.11. The Labute approximate surface area is 91.2 Å². The Balaban J connectivity index is 1.86. The van der Waals surface area contributed by atoms with Gasteiger partial charge in [-0.3, -0.25) is 0 Å². The SMILES string of the molecule is CCc1cccc(OCC2CCOC2)c1. The largest absolute Gasteiger partial charge is 0.493 e. The Morgan fingerprint density at radius 1 is 1.47 bits per heavy atom. The van der Waals surface area contributed by atoms with Crippen LogP contribution in [0.4, 0.5) is 0 Å². The standard InChI is InChI=1S/C13H18O2/c1-2-11-4-3-5-13(8-11)15-10-12-6-7-14-9-12/h3-5,8,12H,2,6-7,9-10H2,1H3. The molecule has 0 radical (unpaired) electrons. The van der Waals surface area contributed by atoms with Gasteiger partial charge < -0.3 is 9.47 Å². The molecular weight excluding hydrogens is 188 g/mol. The van der Waals surface area contributed by atoms with Gasteiger partial charge in [0.2, 0.25) is 0 Å². The number of benzene rings is 1. The molecule has 0 amide bonds. The van der Waals surface area contributed by atoms with E-state index in [1.54, 1.807) is 0 Å². The summed E-state index contributed by atoms with van der Waals surface area (Å²) in [5.74, 6) is 1.57. The van der Waals surface area contributed by atoms with E-state index in [9.17, 15) is 0 Å². The van der Waals surface area contributed by atoms with Gasteiger partial charge in [-0.1, -0.05) is 19.1 Å². The predicted octanol–water partition coefficient (Wildman–Crippen LogP) is 2.66. The Kier molecular flexibility index (Phi) is 3.62. The molecule has 1 unspecified atom stereocenters. The van der Waals surface area contributed by atoms with Gasteiger partial charge in [-0.2, -0.15) is 0 Å². The molecule has 0 spiro atoms. The van der Waals surface area contributed by atoms with Crippen molar-refractivity contribution in [1.82, 2.24) is 0 Å². The summed E-state index contributed by atoms with van der Waals surface area (Å²) in [6, 6.07) is 8.33. The molecule has 0 aliphatic carbocycles. The van der Waals surface area contributed by atoms with E-state index >= 15 is 0 Å². The van der Waals surface area contributed by atoms with Crippen molar-refractivity contribution in [1.29, 1.82) is 0 Å². The quantitative estimate of drug-likeness (QED) is 0.754. The summed E-state index contributed by atoms with van der Waals surface area (Å²) in [5.41, 5.74) is 1.33. The highest BCUT2D eigenvalue weighted by molar-refractivity contribution is 5.28.